The number of likely N-dealkylation sites (N-methyl/N-ethyl adjacent to an activating group) is 1. The Bertz CT molecular complexity index is 1850. The molecule has 0 aromatic carbocycles. The van der Waals surface area contributed by atoms with Crippen molar-refractivity contribution in [3.05, 3.63) is 12.7 Å². The molecule has 3 aliphatic heterocycles. The molecular weight excluding hydrogens is 807 g/mol. The molecule has 348 valence electrons. The van der Waals surface area contributed by atoms with Crippen LogP contribution in [0.1, 0.15) is 151 Å². The van der Waals surface area contributed by atoms with Crippen molar-refractivity contribution < 1.29 is 37.1 Å². The van der Waals surface area contributed by atoms with Crippen LogP contribution in [-0.4, -0.2) is 116 Å². The maximum Gasteiger partial charge on any atom is 0.303 e. The standard InChI is InChI=1S/C48H77N5O8S/c1-8-34-29-46(34,43(58)50-62(59,60)52(10-3)11-4)31-39(55)37-30-48(44(5,6)47(48)21-17-22-47)32-53(37)42(57)35(45(7)23-26-61-27-24-45)28-38(54)40(33-18-13-12-14-19-33)49-41(56)36-20-15-16-25-51(36)9-2/h8,33-37,40H,1,9-32H2,2-7H3,(H,49,56)(H,50,58)/t34-,35-,36+,37+,40+,46-,48-/m1/s1. The van der Waals surface area contributed by atoms with Gasteiger partial charge in [-0.25, -0.2) is 4.72 Å². The summed E-state index contributed by atoms with van der Waals surface area (Å²) in [7, 11) is -4.13. The van der Waals surface area contributed by atoms with Crippen molar-refractivity contribution in [2.75, 3.05) is 45.9 Å². The first-order valence-corrected chi connectivity index (χ1v) is 25.8. The Kier molecular flexibility index (Phi) is 13.7. The fraction of sp³-hybridized carbons (Fsp3) is 0.854. The zero-order valence-electron chi connectivity index (χ0n) is 38.7. The molecule has 2 spiro atoms. The largest absolute Gasteiger partial charge is 0.381 e. The number of piperidine rings is 1. The van der Waals surface area contributed by atoms with Gasteiger partial charge in [0.2, 0.25) is 17.7 Å². The van der Waals surface area contributed by atoms with Gasteiger partial charge in [-0.3, -0.25) is 28.9 Å². The molecule has 3 saturated heterocycles. The van der Waals surface area contributed by atoms with Crippen molar-refractivity contribution in [2.24, 2.45) is 44.8 Å². The number of hydrogen-bond acceptors (Lipinski definition) is 9. The molecule has 0 unspecified atom stereocenters. The number of amides is 3. The van der Waals surface area contributed by atoms with Gasteiger partial charge in [0.05, 0.1) is 29.5 Å². The van der Waals surface area contributed by atoms with Gasteiger partial charge in [-0.2, -0.15) is 12.7 Å². The van der Waals surface area contributed by atoms with E-state index in [0.29, 0.717) is 45.4 Å². The number of fused-ring (bicyclic) bond motifs is 1. The summed E-state index contributed by atoms with van der Waals surface area (Å²) in [6.45, 7) is 19.4. The summed E-state index contributed by atoms with van der Waals surface area (Å²) >= 11 is 0. The first-order chi connectivity index (χ1) is 29.4. The molecule has 62 heavy (non-hydrogen) atoms. The van der Waals surface area contributed by atoms with Crippen molar-refractivity contribution in [2.45, 2.75) is 169 Å². The lowest BCUT2D eigenvalue weighted by molar-refractivity contribution is -0.150. The molecule has 2 N–H and O–H groups in total. The van der Waals surface area contributed by atoms with Crippen LogP contribution in [0.2, 0.25) is 0 Å². The van der Waals surface area contributed by atoms with Gasteiger partial charge >= 0.3 is 10.2 Å². The molecule has 4 aliphatic carbocycles. The minimum absolute atomic E-state index is 0.00327. The Balaban J connectivity index is 1.20. The highest BCUT2D eigenvalue weighted by Crippen LogP contribution is 2.88. The summed E-state index contributed by atoms with van der Waals surface area (Å²) in [5.74, 6) is -2.48. The normalized spacial score (nSPS) is 32.4. The quantitative estimate of drug-likeness (QED) is 0.158. The third-order valence-corrected chi connectivity index (χ3v) is 20.0. The third-order valence-electron chi connectivity index (χ3n) is 18.4. The Hall–Kier alpha value is -2.68. The molecule has 3 heterocycles. The molecule has 0 aromatic rings. The van der Waals surface area contributed by atoms with Gasteiger partial charge in [-0.15, -0.1) is 6.58 Å². The van der Waals surface area contributed by atoms with E-state index in [1.165, 1.54) is 4.31 Å². The zero-order chi connectivity index (χ0) is 44.9. The molecule has 0 radical (unpaired) electrons. The van der Waals surface area contributed by atoms with E-state index in [0.717, 1.165) is 83.7 Å². The number of likely N-dealkylation sites (tertiary alicyclic amines) is 2. The number of carbonyl (C=O) groups is 5. The number of Topliss-reactive ketones (excluding diaryl/α,β-unsaturated/α-hetero) is 2. The lowest BCUT2D eigenvalue weighted by atomic mass is 9.67. The lowest BCUT2D eigenvalue weighted by Crippen LogP contribution is -2.56. The Morgan fingerprint density at radius 2 is 1.52 bits per heavy atom. The molecule has 3 amide bonds. The predicted molar refractivity (Wildman–Crippen MR) is 238 cm³/mol. The van der Waals surface area contributed by atoms with Crippen LogP contribution in [0, 0.1) is 44.8 Å². The summed E-state index contributed by atoms with van der Waals surface area (Å²) in [6, 6.07) is -1.79. The van der Waals surface area contributed by atoms with Crippen molar-refractivity contribution in [1.29, 1.82) is 0 Å². The number of nitrogens with zero attached hydrogens (tertiary/aromatic N) is 3. The van der Waals surface area contributed by atoms with Crippen molar-refractivity contribution >= 4 is 39.5 Å². The van der Waals surface area contributed by atoms with E-state index in [1.54, 1.807) is 24.8 Å². The molecule has 7 rings (SSSR count). The van der Waals surface area contributed by atoms with Crippen molar-refractivity contribution in [3.8, 4) is 0 Å². The van der Waals surface area contributed by atoms with E-state index in [2.05, 4.69) is 49.2 Å². The summed E-state index contributed by atoms with van der Waals surface area (Å²) in [5, 5.41) is 3.29. The molecule has 0 bridgehead atoms. The highest BCUT2D eigenvalue weighted by atomic mass is 32.2. The van der Waals surface area contributed by atoms with Gasteiger partial charge in [0.15, 0.2) is 11.6 Å². The fourth-order valence-corrected chi connectivity index (χ4v) is 15.0. The van der Waals surface area contributed by atoms with E-state index < -0.39 is 44.9 Å². The van der Waals surface area contributed by atoms with Crippen molar-refractivity contribution in [1.82, 2.24) is 24.1 Å². The monoisotopic (exact) mass is 884 g/mol. The molecule has 7 aliphatic rings. The van der Waals surface area contributed by atoms with Gasteiger partial charge in [-0.1, -0.05) is 79.7 Å². The van der Waals surface area contributed by atoms with E-state index >= 15 is 14.4 Å². The molecule has 7 atom stereocenters. The second kappa shape index (κ2) is 17.9. The van der Waals surface area contributed by atoms with Crippen LogP contribution in [0.3, 0.4) is 0 Å². The molecule has 13 nitrogen and oxygen atoms in total. The van der Waals surface area contributed by atoms with E-state index in [4.69, 9.17) is 4.74 Å². The topological polar surface area (TPSA) is 162 Å². The summed E-state index contributed by atoms with van der Waals surface area (Å²) in [4.78, 5) is 78.1. The highest BCUT2D eigenvalue weighted by molar-refractivity contribution is 7.87. The molecule has 0 aromatic heterocycles. The number of allylic oxidation sites excluding steroid dienone is 1. The minimum Gasteiger partial charge on any atom is -0.381 e. The van der Waals surface area contributed by atoms with Crippen LogP contribution in [0.25, 0.3) is 0 Å². The lowest BCUT2D eigenvalue weighted by Gasteiger charge is -2.43. The van der Waals surface area contributed by atoms with E-state index in [-0.39, 0.29) is 83.4 Å². The summed E-state index contributed by atoms with van der Waals surface area (Å²) in [6.07, 6.45) is 14.1. The van der Waals surface area contributed by atoms with Crippen LogP contribution in [0.15, 0.2) is 12.7 Å². The zero-order valence-corrected chi connectivity index (χ0v) is 39.6. The first kappa shape index (κ1) is 47.3. The maximum atomic E-state index is 15.8. The van der Waals surface area contributed by atoms with E-state index in [1.807, 2.05) is 0 Å². The van der Waals surface area contributed by atoms with Crippen LogP contribution in [-0.2, 0) is 38.9 Å². The number of ketones is 2. The average molecular weight is 884 g/mol. The van der Waals surface area contributed by atoms with Crippen LogP contribution in [0.5, 0.6) is 0 Å². The third kappa shape index (κ3) is 8.05. The highest BCUT2D eigenvalue weighted by Gasteiger charge is 2.85. The smallest absolute Gasteiger partial charge is 0.303 e. The number of ether oxygens (including phenoxy) is 1. The number of hydrogen-bond donors (Lipinski definition) is 2. The summed E-state index contributed by atoms with van der Waals surface area (Å²) in [5.41, 5.74) is -2.26. The molecule has 7 fully saturated rings. The van der Waals surface area contributed by atoms with E-state index in [9.17, 15) is 18.0 Å². The number of carbonyl (C=O) groups excluding carboxylic acids is 5. The molecular formula is C48H77N5O8S. The Labute approximate surface area is 371 Å². The first-order valence-electron chi connectivity index (χ1n) is 24.3. The Morgan fingerprint density at radius 1 is 0.855 bits per heavy atom. The van der Waals surface area contributed by atoms with Gasteiger partial charge in [0.1, 0.15) is 0 Å². The van der Waals surface area contributed by atoms with Crippen LogP contribution < -0.4 is 10.0 Å². The predicted octanol–water partition coefficient (Wildman–Crippen LogP) is 5.97. The fourth-order valence-electron chi connectivity index (χ4n) is 13.8. The maximum absolute atomic E-state index is 15.8. The Morgan fingerprint density at radius 3 is 2.08 bits per heavy atom. The summed E-state index contributed by atoms with van der Waals surface area (Å²) < 4.78 is 35.8. The van der Waals surface area contributed by atoms with Crippen LogP contribution in [0.4, 0.5) is 0 Å². The molecule has 14 heteroatoms. The average Bonchev–Trinajstić information content (AvgIpc) is 3.97. The van der Waals surface area contributed by atoms with Gasteiger partial charge < -0.3 is 15.0 Å². The SMILES string of the molecule is C=C[C@@H]1C[C@]1(CC(=O)[C@@H]1C[C@@]2(CN1C(=O)[C@@H](CC(=O)[C@@H](NC(=O)[C@@H]1CCCCN1CC)C1CCCCC1)C1(C)CCOCC1)C(C)(C)C21CCC1)C(=O)NS(=O)(=O)N(CC)CC. The van der Waals surface area contributed by atoms with Gasteiger partial charge in [0.25, 0.3) is 0 Å². The van der Waals surface area contributed by atoms with Gasteiger partial charge in [-0.05, 0) is 105 Å². The number of nitrogens with one attached hydrogen (secondary N) is 2. The number of rotatable bonds is 18. The second-order valence-corrected chi connectivity index (χ2v) is 22.9. The second-order valence-electron chi connectivity index (χ2n) is 21.2. The minimum atomic E-state index is -4.13. The van der Waals surface area contributed by atoms with Crippen LogP contribution >= 0.6 is 0 Å². The van der Waals surface area contributed by atoms with Gasteiger partial charge in [0, 0.05) is 51.1 Å². The van der Waals surface area contributed by atoms with Crippen molar-refractivity contribution in [3.63, 3.8) is 0 Å². The molecule has 4 saturated carbocycles.